The van der Waals surface area contributed by atoms with Crippen molar-refractivity contribution in [1.29, 1.82) is 0 Å². The Balaban J connectivity index is 2.34. The Kier molecular flexibility index (Phi) is 3.33. The SMILES string of the molecule is CCCn1c(=O)c(-c2ccccc2)nc2ccccc21. The van der Waals surface area contributed by atoms with E-state index in [-0.39, 0.29) is 5.56 Å². The lowest BCUT2D eigenvalue weighted by Crippen LogP contribution is -2.23. The minimum absolute atomic E-state index is 0.0169. The van der Waals surface area contributed by atoms with Gasteiger partial charge in [-0.05, 0) is 18.6 Å². The number of rotatable bonds is 3. The van der Waals surface area contributed by atoms with Crippen molar-refractivity contribution in [3.05, 3.63) is 65.0 Å². The summed E-state index contributed by atoms with van der Waals surface area (Å²) in [4.78, 5) is 17.2. The van der Waals surface area contributed by atoms with Gasteiger partial charge >= 0.3 is 0 Å². The number of hydrogen-bond acceptors (Lipinski definition) is 2. The van der Waals surface area contributed by atoms with E-state index in [1.54, 1.807) is 0 Å². The number of nitrogens with zero attached hydrogens (tertiary/aromatic N) is 2. The predicted octanol–water partition coefficient (Wildman–Crippen LogP) is 3.47. The van der Waals surface area contributed by atoms with Crippen LogP contribution in [0.15, 0.2) is 59.4 Å². The monoisotopic (exact) mass is 264 g/mol. The molecule has 0 amide bonds. The van der Waals surface area contributed by atoms with Crippen LogP contribution in [0, 0.1) is 0 Å². The molecule has 0 saturated carbocycles. The largest absolute Gasteiger partial charge is 0.305 e. The average Bonchev–Trinajstić information content (AvgIpc) is 2.51. The second-order valence-corrected chi connectivity index (χ2v) is 4.77. The van der Waals surface area contributed by atoms with Crippen LogP contribution in [0.5, 0.6) is 0 Å². The molecule has 3 nitrogen and oxygen atoms in total. The van der Waals surface area contributed by atoms with E-state index in [4.69, 9.17) is 0 Å². The molecule has 0 unspecified atom stereocenters. The average molecular weight is 264 g/mol. The van der Waals surface area contributed by atoms with Crippen LogP contribution in [0.1, 0.15) is 13.3 Å². The normalized spacial score (nSPS) is 10.8. The molecule has 0 bridgehead atoms. The van der Waals surface area contributed by atoms with E-state index in [2.05, 4.69) is 11.9 Å². The molecule has 0 atom stereocenters. The summed E-state index contributed by atoms with van der Waals surface area (Å²) < 4.78 is 1.82. The van der Waals surface area contributed by atoms with Gasteiger partial charge in [-0.1, -0.05) is 49.4 Å². The van der Waals surface area contributed by atoms with Crippen molar-refractivity contribution in [3.8, 4) is 11.3 Å². The minimum atomic E-state index is -0.0169. The molecular weight excluding hydrogens is 248 g/mol. The van der Waals surface area contributed by atoms with Crippen LogP contribution >= 0.6 is 0 Å². The van der Waals surface area contributed by atoms with Gasteiger partial charge in [0.25, 0.3) is 5.56 Å². The van der Waals surface area contributed by atoms with E-state index in [1.165, 1.54) is 0 Å². The molecule has 0 radical (unpaired) electrons. The maximum atomic E-state index is 12.7. The highest BCUT2D eigenvalue weighted by molar-refractivity contribution is 5.77. The minimum Gasteiger partial charge on any atom is -0.305 e. The van der Waals surface area contributed by atoms with Crippen molar-refractivity contribution >= 4 is 11.0 Å². The first-order chi connectivity index (χ1) is 9.81. The fraction of sp³-hybridized carbons (Fsp3) is 0.176. The molecule has 0 spiro atoms. The summed E-state index contributed by atoms with van der Waals surface area (Å²) in [7, 11) is 0. The number of benzene rings is 2. The summed E-state index contributed by atoms with van der Waals surface area (Å²) in [6.45, 7) is 2.78. The molecule has 1 aromatic heterocycles. The lowest BCUT2D eigenvalue weighted by molar-refractivity contribution is 0.676. The maximum absolute atomic E-state index is 12.7. The number of aromatic nitrogens is 2. The highest BCUT2D eigenvalue weighted by atomic mass is 16.1. The zero-order valence-electron chi connectivity index (χ0n) is 11.4. The first-order valence-electron chi connectivity index (χ1n) is 6.86. The van der Waals surface area contributed by atoms with E-state index < -0.39 is 0 Å². The third kappa shape index (κ3) is 2.11. The number of hydrogen-bond donors (Lipinski definition) is 0. The summed E-state index contributed by atoms with van der Waals surface area (Å²) in [6, 6.07) is 17.4. The fourth-order valence-electron chi connectivity index (χ4n) is 2.42. The van der Waals surface area contributed by atoms with E-state index in [9.17, 15) is 4.79 Å². The Labute approximate surface area is 117 Å². The smallest absolute Gasteiger partial charge is 0.277 e. The molecule has 0 fully saturated rings. The second kappa shape index (κ2) is 5.29. The topological polar surface area (TPSA) is 34.9 Å². The van der Waals surface area contributed by atoms with Crippen LogP contribution in [0.4, 0.5) is 0 Å². The van der Waals surface area contributed by atoms with Crippen molar-refractivity contribution in [1.82, 2.24) is 9.55 Å². The van der Waals surface area contributed by atoms with Gasteiger partial charge in [0, 0.05) is 12.1 Å². The lowest BCUT2D eigenvalue weighted by Gasteiger charge is -2.11. The molecule has 0 aliphatic heterocycles. The molecular formula is C17H16N2O. The zero-order chi connectivity index (χ0) is 13.9. The molecule has 0 N–H and O–H groups in total. The molecule has 0 aliphatic carbocycles. The predicted molar refractivity (Wildman–Crippen MR) is 81.7 cm³/mol. The van der Waals surface area contributed by atoms with Gasteiger partial charge in [0.05, 0.1) is 11.0 Å². The van der Waals surface area contributed by atoms with Crippen molar-refractivity contribution in [2.45, 2.75) is 19.9 Å². The van der Waals surface area contributed by atoms with Crippen LogP contribution in [-0.4, -0.2) is 9.55 Å². The van der Waals surface area contributed by atoms with E-state index in [0.717, 1.165) is 23.0 Å². The first kappa shape index (κ1) is 12.6. The van der Waals surface area contributed by atoms with Crippen molar-refractivity contribution in [3.63, 3.8) is 0 Å². The van der Waals surface area contributed by atoms with Crippen molar-refractivity contribution in [2.75, 3.05) is 0 Å². The highest BCUT2D eigenvalue weighted by Crippen LogP contribution is 2.17. The summed E-state index contributed by atoms with van der Waals surface area (Å²) >= 11 is 0. The molecule has 0 aliphatic rings. The van der Waals surface area contributed by atoms with Crippen LogP contribution in [-0.2, 0) is 6.54 Å². The van der Waals surface area contributed by atoms with Gasteiger partial charge in [0.2, 0.25) is 0 Å². The molecule has 2 aromatic carbocycles. The van der Waals surface area contributed by atoms with Gasteiger partial charge in [-0.3, -0.25) is 4.79 Å². The van der Waals surface area contributed by atoms with E-state index in [1.807, 2.05) is 59.2 Å². The number of fused-ring (bicyclic) bond motifs is 1. The second-order valence-electron chi connectivity index (χ2n) is 4.77. The Morgan fingerprint density at radius 2 is 1.70 bits per heavy atom. The Bertz CT molecular complexity index is 791. The fourth-order valence-corrected chi connectivity index (χ4v) is 2.42. The quantitative estimate of drug-likeness (QED) is 0.726. The van der Waals surface area contributed by atoms with Crippen molar-refractivity contribution in [2.24, 2.45) is 0 Å². The maximum Gasteiger partial charge on any atom is 0.277 e. The molecule has 3 rings (SSSR count). The number of para-hydroxylation sites is 2. The zero-order valence-corrected chi connectivity index (χ0v) is 11.4. The van der Waals surface area contributed by atoms with Gasteiger partial charge in [-0.2, -0.15) is 0 Å². The molecule has 1 heterocycles. The Morgan fingerprint density at radius 3 is 2.45 bits per heavy atom. The lowest BCUT2D eigenvalue weighted by atomic mass is 10.1. The van der Waals surface area contributed by atoms with Gasteiger partial charge in [0.1, 0.15) is 5.69 Å². The van der Waals surface area contributed by atoms with E-state index >= 15 is 0 Å². The summed E-state index contributed by atoms with van der Waals surface area (Å²) in [6.07, 6.45) is 0.919. The molecule has 0 saturated heterocycles. The summed E-state index contributed by atoms with van der Waals surface area (Å²) in [5.74, 6) is 0. The first-order valence-corrected chi connectivity index (χ1v) is 6.86. The van der Waals surface area contributed by atoms with Crippen LogP contribution in [0.3, 0.4) is 0 Å². The third-order valence-corrected chi connectivity index (χ3v) is 3.35. The Hall–Kier alpha value is -2.42. The molecule has 3 aromatic rings. The molecule has 100 valence electrons. The van der Waals surface area contributed by atoms with Crippen molar-refractivity contribution < 1.29 is 0 Å². The van der Waals surface area contributed by atoms with E-state index in [0.29, 0.717) is 12.2 Å². The third-order valence-electron chi connectivity index (χ3n) is 3.35. The standard InChI is InChI=1S/C17H16N2O/c1-2-12-19-15-11-7-6-10-14(15)18-16(17(19)20)13-8-4-3-5-9-13/h3-11H,2,12H2,1H3. The Morgan fingerprint density at radius 1 is 1.00 bits per heavy atom. The van der Waals surface area contributed by atoms with Gasteiger partial charge in [0.15, 0.2) is 0 Å². The van der Waals surface area contributed by atoms with Gasteiger partial charge < -0.3 is 4.57 Å². The highest BCUT2D eigenvalue weighted by Gasteiger charge is 2.11. The van der Waals surface area contributed by atoms with Crippen LogP contribution < -0.4 is 5.56 Å². The number of aryl methyl sites for hydroxylation is 1. The summed E-state index contributed by atoms with van der Waals surface area (Å²) in [5, 5.41) is 0. The van der Waals surface area contributed by atoms with Gasteiger partial charge in [-0.15, -0.1) is 0 Å². The molecule has 20 heavy (non-hydrogen) atoms. The van der Waals surface area contributed by atoms with Gasteiger partial charge in [-0.25, -0.2) is 4.98 Å². The molecule has 3 heteroatoms. The van der Waals surface area contributed by atoms with Crippen LogP contribution in [0.2, 0.25) is 0 Å². The summed E-state index contributed by atoms with van der Waals surface area (Å²) in [5.41, 5.74) is 3.14. The van der Waals surface area contributed by atoms with Crippen LogP contribution in [0.25, 0.3) is 22.3 Å².